The first kappa shape index (κ1) is 31.7. The van der Waals surface area contributed by atoms with Crippen LogP contribution in [0.1, 0.15) is 49.9 Å². The molecular weight excluding hydrogens is 677 g/mol. The standard InChI is InChI=1S/C54H40N2/c1-53(2)45-19-11-8-16-37(45)39-25-24-36(30-47(39)53)56-49-21-13-10-18-40(49)42-28-33(22-26-50(42)56)34-23-27-51-43(29-34)44-31-41-38-17-9-12-20-46(38)54(3,4)48(41)32-52(44)55(51)35-14-6-5-7-15-35/h5-32H,1-4H3. The molecule has 10 aromatic rings. The van der Waals surface area contributed by atoms with Crippen molar-refractivity contribution in [3.63, 3.8) is 0 Å². The summed E-state index contributed by atoms with van der Waals surface area (Å²) in [5, 5.41) is 5.10. The SMILES string of the molecule is CC1(C)c2ccccc2-c2ccc(-n3c4ccccc4c4cc(-c5ccc6c(c5)c5cc7c(cc5n6-c5ccccc5)C(C)(C)c5ccccc5-7)ccc43)cc21. The molecule has 0 unspecified atom stereocenters. The molecule has 2 aliphatic rings. The van der Waals surface area contributed by atoms with Gasteiger partial charge in [-0.2, -0.15) is 0 Å². The van der Waals surface area contributed by atoms with Gasteiger partial charge in [-0.05, 0) is 122 Å². The second kappa shape index (κ2) is 11.0. The molecule has 0 atom stereocenters. The summed E-state index contributed by atoms with van der Waals surface area (Å²) in [5.41, 5.74) is 20.6. The Labute approximate surface area is 326 Å². The minimum atomic E-state index is -0.0706. The summed E-state index contributed by atoms with van der Waals surface area (Å²) in [6.45, 7) is 9.46. The molecule has 2 heteroatoms. The molecule has 0 fully saturated rings. The van der Waals surface area contributed by atoms with Crippen LogP contribution < -0.4 is 0 Å². The van der Waals surface area contributed by atoms with E-state index in [1.807, 2.05) is 0 Å². The Bertz CT molecular complexity index is 3300. The third kappa shape index (κ3) is 4.11. The fraction of sp³-hybridized carbons (Fsp3) is 0.111. The topological polar surface area (TPSA) is 9.86 Å². The molecule has 12 rings (SSSR count). The predicted molar refractivity (Wildman–Crippen MR) is 236 cm³/mol. The summed E-state index contributed by atoms with van der Waals surface area (Å²) in [6.07, 6.45) is 0. The van der Waals surface area contributed by atoms with Crippen LogP contribution in [0.5, 0.6) is 0 Å². The first-order chi connectivity index (χ1) is 27.3. The van der Waals surface area contributed by atoms with Crippen LogP contribution in [0, 0.1) is 0 Å². The quantitative estimate of drug-likeness (QED) is 0.172. The van der Waals surface area contributed by atoms with E-state index in [9.17, 15) is 0 Å². The Morgan fingerprint density at radius 3 is 1.50 bits per heavy atom. The van der Waals surface area contributed by atoms with Crippen LogP contribution in [0.15, 0.2) is 170 Å². The zero-order valence-electron chi connectivity index (χ0n) is 32.1. The Balaban J connectivity index is 1.05. The van der Waals surface area contributed by atoms with Gasteiger partial charge >= 0.3 is 0 Å². The Kier molecular flexibility index (Phi) is 6.22. The molecule has 0 bridgehead atoms. The van der Waals surface area contributed by atoms with E-state index in [4.69, 9.17) is 0 Å². The van der Waals surface area contributed by atoms with Gasteiger partial charge in [-0.3, -0.25) is 0 Å². The lowest BCUT2D eigenvalue weighted by Gasteiger charge is -2.22. The largest absolute Gasteiger partial charge is 0.309 e. The van der Waals surface area contributed by atoms with Gasteiger partial charge in [-0.25, -0.2) is 0 Å². The number of hydrogen-bond donors (Lipinski definition) is 0. The number of para-hydroxylation sites is 2. The molecule has 8 aromatic carbocycles. The lowest BCUT2D eigenvalue weighted by molar-refractivity contribution is 0.660. The second-order valence-corrected chi connectivity index (χ2v) is 17.0. The second-order valence-electron chi connectivity index (χ2n) is 17.0. The number of hydrogen-bond acceptors (Lipinski definition) is 0. The van der Waals surface area contributed by atoms with Gasteiger partial charge in [0.1, 0.15) is 0 Å². The van der Waals surface area contributed by atoms with Crippen molar-refractivity contribution in [1.82, 2.24) is 9.13 Å². The summed E-state index contributed by atoms with van der Waals surface area (Å²) < 4.78 is 4.92. The minimum Gasteiger partial charge on any atom is -0.309 e. The van der Waals surface area contributed by atoms with Crippen LogP contribution in [0.3, 0.4) is 0 Å². The van der Waals surface area contributed by atoms with Gasteiger partial charge in [0.15, 0.2) is 0 Å². The van der Waals surface area contributed by atoms with E-state index in [2.05, 4.69) is 207 Å². The van der Waals surface area contributed by atoms with Crippen molar-refractivity contribution in [2.45, 2.75) is 38.5 Å². The minimum absolute atomic E-state index is 0.0597. The fourth-order valence-electron chi connectivity index (χ4n) is 10.5. The maximum Gasteiger partial charge on any atom is 0.0544 e. The summed E-state index contributed by atoms with van der Waals surface area (Å²) >= 11 is 0. The van der Waals surface area contributed by atoms with Crippen LogP contribution in [0.4, 0.5) is 0 Å². The molecule has 266 valence electrons. The van der Waals surface area contributed by atoms with E-state index < -0.39 is 0 Å². The van der Waals surface area contributed by atoms with E-state index in [0.717, 1.165) is 0 Å². The highest BCUT2D eigenvalue weighted by molar-refractivity contribution is 6.14. The maximum atomic E-state index is 2.47. The zero-order valence-corrected chi connectivity index (χ0v) is 32.1. The third-order valence-electron chi connectivity index (χ3n) is 13.3. The van der Waals surface area contributed by atoms with Crippen LogP contribution in [-0.2, 0) is 10.8 Å². The van der Waals surface area contributed by atoms with Crippen molar-refractivity contribution in [1.29, 1.82) is 0 Å². The van der Waals surface area contributed by atoms with E-state index >= 15 is 0 Å². The van der Waals surface area contributed by atoms with Gasteiger partial charge in [-0.1, -0.05) is 131 Å². The number of benzene rings is 8. The summed E-state index contributed by atoms with van der Waals surface area (Å²) in [5.74, 6) is 0. The van der Waals surface area contributed by atoms with Gasteiger partial charge < -0.3 is 9.13 Å². The first-order valence-corrected chi connectivity index (χ1v) is 19.9. The van der Waals surface area contributed by atoms with Gasteiger partial charge in [-0.15, -0.1) is 0 Å². The van der Waals surface area contributed by atoms with E-state index in [1.165, 1.54) is 111 Å². The van der Waals surface area contributed by atoms with Crippen molar-refractivity contribution < 1.29 is 0 Å². The molecule has 0 amide bonds. The summed E-state index contributed by atoms with van der Waals surface area (Å²) in [4.78, 5) is 0. The third-order valence-corrected chi connectivity index (χ3v) is 13.3. The van der Waals surface area contributed by atoms with E-state index in [-0.39, 0.29) is 10.8 Å². The lowest BCUT2D eigenvalue weighted by atomic mass is 9.82. The van der Waals surface area contributed by atoms with Crippen molar-refractivity contribution >= 4 is 43.6 Å². The highest BCUT2D eigenvalue weighted by Crippen LogP contribution is 2.52. The number of fused-ring (bicyclic) bond motifs is 12. The lowest BCUT2D eigenvalue weighted by Crippen LogP contribution is -2.15. The van der Waals surface area contributed by atoms with Crippen molar-refractivity contribution in [3.8, 4) is 44.8 Å². The Morgan fingerprint density at radius 1 is 0.304 bits per heavy atom. The van der Waals surface area contributed by atoms with Crippen molar-refractivity contribution in [2.24, 2.45) is 0 Å². The maximum absolute atomic E-state index is 2.47. The van der Waals surface area contributed by atoms with Crippen LogP contribution in [0.2, 0.25) is 0 Å². The van der Waals surface area contributed by atoms with Gasteiger partial charge in [0.05, 0.1) is 22.1 Å². The molecule has 2 aromatic heterocycles. The Morgan fingerprint density at radius 2 is 0.804 bits per heavy atom. The molecule has 0 aliphatic heterocycles. The molecular formula is C54H40N2. The van der Waals surface area contributed by atoms with Gasteiger partial charge in [0.2, 0.25) is 0 Å². The molecule has 2 nitrogen and oxygen atoms in total. The van der Waals surface area contributed by atoms with Crippen LogP contribution in [0.25, 0.3) is 88.4 Å². The van der Waals surface area contributed by atoms with Crippen molar-refractivity contribution in [3.05, 3.63) is 192 Å². The normalized spacial score (nSPS) is 14.7. The molecule has 2 heterocycles. The predicted octanol–water partition coefficient (Wildman–Crippen LogP) is 14.2. The zero-order chi connectivity index (χ0) is 37.5. The summed E-state index contributed by atoms with van der Waals surface area (Å²) in [7, 11) is 0. The number of nitrogens with zero attached hydrogens (tertiary/aromatic N) is 2. The van der Waals surface area contributed by atoms with Gasteiger partial charge in [0.25, 0.3) is 0 Å². The molecule has 0 radical (unpaired) electrons. The van der Waals surface area contributed by atoms with E-state index in [0.29, 0.717) is 0 Å². The molecule has 0 saturated heterocycles. The monoisotopic (exact) mass is 716 g/mol. The van der Waals surface area contributed by atoms with E-state index in [1.54, 1.807) is 0 Å². The molecule has 0 saturated carbocycles. The average Bonchev–Trinajstić information content (AvgIpc) is 3.88. The number of aromatic nitrogens is 2. The number of rotatable bonds is 3. The molecule has 0 N–H and O–H groups in total. The van der Waals surface area contributed by atoms with Crippen molar-refractivity contribution in [2.75, 3.05) is 0 Å². The molecule has 56 heavy (non-hydrogen) atoms. The summed E-state index contributed by atoms with van der Waals surface area (Å²) in [6, 6.07) is 63.7. The van der Waals surface area contributed by atoms with Gasteiger partial charge in [0, 0.05) is 43.7 Å². The average molecular weight is 717 g/mol. The molecule has 0 spiro atoms. The highest BCUT2D eigenvalue weighted by atomic mass is 15.0. The highest BCUT2D eigenvalue weighted by Gasteiger charge is 2.37. The molecule has 2 aliphatic carbocycles. The first-order valence-electron chi connectivity index (χ1n) is 19.9. The fourth-order valence-corrected chi connectivity index (χ4v) is 10.5. The van der Waals surface area contributed by atoms with Crippen LogP contribution in [-0.4, -0.2) is 9.13 Å². The van der Waals surface area contributed by atoms with Crippen LogP contribution >= 0.6 is 0 Å². The Hall–Kier alpha value is -6.64. The smallest absolute Gasteiger partial charge is 0.0544 e.